The average Bonchev–Trinajstić information content (AvgIpc) is 2.81. The Morgan fingerprint density at radius 1 is 1.35 bits per heavy atom. The van der Waals surface area contributed by atoms with Gasteiger partial charge in [-0.2, -0.15) is 0 Å². The number of rotatable bonds is 5. The number of aliphatic carboxylic acids is 1. The number of nitrogens with zero attached hydrogens (tertiary/aromatic N) is 2. The molecule has 1 atom stereocenters. The summed E-state index contributed by atoms with van der Waals surface area (Å²) in [5, 5.41) is 17.5. The van der Waals surface area contributed by atoms with Gasteiger partial charge in [-0.1, -0.05) is 0 Å². The van der Waals surface area contributed by atoms with Gasteiger partial charge in [-0.25, -0.2) is 9.59 Å². The molecule has 1 unspecified atom stereocenters. The molecule has 7 nitrogen and oxygen atoms in total. The Kier molecular flexibility index (Phi) is 4.49. The number of ether oxygens (including phenoxy) is 1. The van der Waals surface area contributed by atoms with Crippen LogP contribution in [0.3, 0.4) is 0 Å². The first kappa shape index (κ1) is 15.1. The summed E-state index contributed by atoms with van der Waals surface area (Å²) in [4.78, 5) is 26.2. The molecule has 0 aromatic heterocycles. The highest BCUT2D eigenvalue weighted by atomic mass is 16.5. The summed E-state index contributed by atoms with van der Waals surface area (Å²) in [5.41, 5.74) is -0.543. The molecule has 114 valence electrons. The van der Waals surface area contributed by atoms with Crippen molar-refractivity contribution in [3.8, 4) is 0 Å². The summed E-state index contributed by atoms with van der Waals surface area (Å²) in [6, 6.07) is -0.0122. The largest absolute Gasteiger partial charge is 0.480 e. The number of urea groups is 1. The number of carbonyl (C=O) groups excluding carboxylic acids is 1. The molecular weight excluding hydrogens is 264 g/mol. The highest BCUT2D eigenvalue weighted by molar-refractivity contribution is 5.76. The van der Waals surface area contributed by atoms with Gasteiger partial charge in [0.05, 0.1) is 13.1 Å². The molecule has 0 saturated carbocycles. The molecule has 0 bridgehead atoms. The van der Waals surface area contributed by atoms with Gasteiger partial charge in [0.15, 0.2) is 0 Å². The Morgan fingerprint density at radius 3 is 2.65 bits per heavy atom. The lowest BCUT2D eigenvalue weighted by atomic mass is 9.97. The molecule has 2 N–H and O–H groups in total. The second-order valence-electron chi connectivity index (χ2n) is 5.88. The lowest BCUT2D eigenvalue weighted by Crippen LogP contribution is -2.65. The lowest BCUT2D eigenvalue weighted by Gasteiger charge is -2.48. The van der Waals surface area contributed by atoms with E-state index < -0.39 is 11.6 Å². The van der Waals surface area contributed by atoms with Crippen LogP contribution in [-0.4, -0.2) is 77.0 Å². The number of likely N-dealkylation sites (tertiary alicyclic amines) is 2. The fourth-order valence-electron chi connectivity index (χ4n) is 2.85. The summed E-state index contributed by atoms with van der Waals surface area (Å²) in [6.45, 7) is 3.94. The Balaban J connectivity index is 1.75. The predicted molar refractivity (Wildman–Crippen MR) is 70.3 cm³/mol. The molecule has 0 radical (unpaired) electrons. The zero-order valence-corrected chi connectivity index (χ0v) is 11.7. The predicted octanol–water partition coefficient (Wildman–Crippen LogP) is -0.0138. The Morgan fingerprint density at radius 2 is 2.05 bits per heavy atom. The number of carbonyl (C=O) groups is 2. The van der Waals surface area contributed by atoms with Gasteiger partial charge < -0.3 is 24.7 Å². The summed E-state index contributed by atoms with van der Waals surface area (Å²) >= 11 is 0. The SMILES string of the molecule is CC1(OCC(=O)O)CN(C(=O)N2CCC(CCO)C2)C1. The van der Waals surface area contributed by atoms with Crippen molar-refractivity contribution in [1.82, 2.24) is 9.80 Å². The summed E-state index contributed by atoms with van der Waals surface area (Å²) in [5.74, 6) is -0.609. The molecule has 2 saturated heterocycles. The summed E-state index contributed by atoms with van der Waals surface area (Å²) < 4.78 is 5.28. The van der Waals surface area contributed by atoms with Crippen molar-refractivity contribution in [2.75, 3.05) is 39.4 Å². The number of hydrogen-bond acceptors (Lipinski definition) is 4. The monoisotopic (exact) mass is 286 g/mol. The third-order valence-electron chi connectivity index (χ3n) is 3.96. The van der Waals surface area contributed by atoms with Crippen molar-refractivity contribution < 1.29 is 24.5 Å². The van der Waals surface area contributed by atoms with E-state index in [0.29, 0.717) is 25.6 Å². The number of carboxylic acid groups (broad SMARTS) is 1. The first-order valence-corrected chi connectivity index (χ1v) is 6.94. The molecule has 0 aromatic rings. The van der Waals surface area contributed by atoms with Crippen LogP contribution in [0.4, 0.5) is 4.79 Å². The average molecular weight is 286 g/mol. The zero-order valence-electron chi connectivity index (χ0n) is 11.7. The topological polar surface area (TPSA) is 90.3 Å². The molecule has 2 rings (SSSR count). The van der Waals surface area contributed by atoms with Crippen LogP contribution in [0.15, 0.2) is 0 Å². The maximum Gasteiger partial charge on any atom is 0.329 e. The second-order valence-corrected chi connectivity index (χ2v) is 5.88. The van der Waals surface area contributed by atoms with Crippen LogP contribution in [0.5, 0.6) is 0 Å². The minimum atomic E-state index is -0.998. The van der Waals surface area contributed by atoms with Crippen LogP contribution in [0.25, 0.3) is 0 Å². The second kappa shape index (κ2) is 5.97. The van der Waals surface area contributed by atoms with E-state index in [-0.39, 0.29) is 19.2 Å². The van der Waals surface area contributed by atoms with E-state index >= 15 is 0 Å². The normalized spacial score (nSPS) is 24.6. The van der Waals surface area contributed by atoms with Crippen molar-refractivity contribution in [3.63, 3.8) is 0 Å². The smallest absolute Gasteiger partial charge is 0.329 e. The molecule has 20 heavy (non-hydrogen) atoms. The van der Waals surface area contributed by atoms with E-state index in [1.54, 1.807) is 9.80 Å². The van der Waals surface area contributed by atoms with Crippen LogP contribution in [-0.2, 0) is 9.53 Å². The van der Waals surface area contributed by atoms with Crippen LogP contribution in [0.1, 0.15) is 19.8 Å². The van der Waals surface area contributed by atoms with Crippen molar-refractivity contribution in [3.05, 3.63) is 0 Å². The number of aliphatic hydroxyl groups is 1. The molecular formula is C13H22N2O5. The molecule has 0 aliphatic carbocycles. The minimum Gasteiger partial charge on any atom is -0.480 e. The molecule has 7 heteroatoms. The van der Waals surface area contributed by atoms with Crippen LogP contribution in [0, 0.1) is 5.92 Å². The minimum absolute atomic E-state index is 0.0122. The van der Waals surface area contributed by atoms with Gasteiger partial charge in [-0.15, -0.1) is 0 Å². The van der Waals surface area contributed by atoms with E-state index in [4.69, 9.17) is 14.9 Å². The van der Waals surface area contributed by atoms with Crippen LogP contribution < -0.4 is 0 Å². The van der Waals surface area contributed by atoms with Gasteiger partial charge in [0.1, 0.15) is 12.2 Å². The molecule has 2 amide bonds. The van der Waals surface area contributed by atoms with Crippen LogP contribution >= 0.6 is 0 Å². The van der Waals surface area contributed by atoms with E-state index in [1.807, 2.05) is 6.92 Å². The fourth-order valence-corrected chi connectivity index (χ4v) is 2.85. The first-order chi connectivity index (χ1) is 9.43. The highest BCUT2D eigenvalue weighted by Crippen LogP contribution is 2.28. The van der Waals surface area contributed by atoms with E-state index in [9.17, 15) is 9.59 Å². The number of amides is 2. The molecule has 0 spiro atoms. The van der Waals surface area contributed by atoms with Crippen molar-refractivity contribution in [2.45, 2.75) is 25.4 Å². The first-order valence-electron chi connectivity index (χ1n) is 6.94. The molecule has 2 heterocycles. The van der Waals surface area contributed by atoms with Gasteiger partial charge in [0.2, 0.25) is 0 Å². The summed E-state index contributed by atoms with van der Waals surface area (Å²) in [6.07, 6.45) is 1.68. The molecule has 2 fully saturated rings. The van der Waals surface area contributed by atoms with E-state index in [2.05, 4.69) is 0 Å². The molecule has 0 aromatic carbocycles. The van der Waals surface area contributed by atoms with Gasteiger partial charge in [0, 0.05) is 19.7 Å². The van der Waals surface area contributed by atoms with Crippen LogP contribution in [0.2, 0.25) is 0 Å². The van der Waals surface area contributed by atoms with Gasteiger partial charge in [0.25, 0.3) is 0 Å². The van der Waals surface area contributed by atoms with E-state index in [1.165, 1.54) is 0 Å². The highest BCUT2D eigenvalue weighted by Gasteiger charge is 2.44. The standard InChI is InChI=1S/C13H22N2O5/c1-13(20-7-11(17)18)8-15(9-13)12(19)14-4-2-10(6-14)3-5-16/h10,16H,2-9H2,1H3,(H,17,18). The van der Waals surface area contributed by atoms with E-state index in [0.717, 1.165) is 19.4 Å². The number of hydrogen-bond donors (Lipinski definition) is 2. The van der Waals surface area contributed by atoms with Crippen molar-refractivity contribution >= 4 is 12.0 Å². The Hall–Kier alpha value is -1.34. The quantitative estimate of drug-likeness (QED) is 0.741. The third kappa shape index (κ3) is 3.40. The zero-order chi connectivity index (χ0) is 14.8. The number of carboxylic acids is 1. The fraction of sp³-hybridized carbons (Fsp3) is 0.846. The Bertz CT molecular complexity index is 381. The Labute approximate surface area is 118 Å². The van der Waals surface area contributed by atoms with Gasteiger partial charge in [-0.05, 0) is 25.7 Å². The molecule has 2 aliphatic heterocycles. The lowest BCUT2D eigenvalue weighted by molar-refractivity contribution is -0.160. The maximum absolute atomic E-state index is 12.2. The molecule has 2 aliphatic rings. The number of aliphatic hydroxyl groups excluding tert-OH is 1. The maximum atomic E-state index is 12.2. The van der Waals surface area contributed by atoms with Crippen molar-refractivity contribution in [1.29, 1.82) is 0 Å². The summed E-state index contributed by atoms with van der Waals surface area (Å²) in [7, 11) is 0. The third-order valence-corrected chi connectivity index (χ3v) is 3.96. The van der Waals surface area contributed by atoms with Gasteiger partial charge >= 0.3 is 12.0 Å². The van der Waals surface area contributed by atoms with Gasteiger partial charge in [-0.3, -0.25) is 0 Å². The van der Waals surface area contributed by atoms with Crippen molar-refractivity contribution in [2.24, 2.45) is 5.92 Å².